The Kier molecular flexibility index (Phi) is 7.73. The topological polar surface area (TPSA) is 154 Å². The van der Waals surface area contributed by atoms with Crippen LogP contribution in [0.15, 0.2) is 12.3 Å². The highest BCUT2D eigenvalue weighted by atomic mass is 19.1. The van der Waals surface area contributed by atoms with E-state index in [2.05, 4.69) is 21.7 Å². The molecule has 14 heteroatoms. The summed E-state index contributed by atoms with van der Waals surface area (Å²) in [6.07, 6.45) is -0.541. The molecule has 8 atom stereocenters. The summed E-state index contributed by atoms with van der Waals surface area (Å²) in [5.74, 6) is -3.82. The highest BCUT2D eigenvalue weighted by Crippen LogP contribution is 2.47. The van der Waals surface area contributed by atoms with Crippen LogP contribution in [-0.2, 0) is 19.1 Å². The van der Waals surface area contributed by atoms with Gasteiger partial charge in [-0.25, -0.2) is 18.6 Å². The van der Waals surface area contributed by atoms with Gasteiger partial charge in [-0.15, -0.1) is 0 Å². The lowest BCUT2D eigenvalue weighted by Gasteiger charge is -2.40. The zero-order chi connectivity index (χ0) is 31.4. The van der Waals surface area contributed by atoms with Crippen LogP contribution in [0.4, 0.5) is 19.4 Å². The number of hydrogen-bond acceptors (Lipinski definition) is 8. The van der Waals surface area contributed by atoms with Gasteiger partial charge in [-0.2, -0.15) is 5.26 Å². The van der Waals surface area contributed by atoms with Gasteiger partial charge in [-0.05, 0) is 36.0 Å². The zero-order valence-corrected chi connectivity index (χ0v) is 24.7. The summed E-state index contributed by atoms with van der Waals surface area (Å²) < 4.78 is 39.7. The number of halogens is 2. The van der Waals surface area contributed by atoms with Gasteiger partial charge in [0.2, 0.25) is 17.4 Å². The Labute approximate surface area is 248 Å². The van der Waals surface area contributed by atoms with Crippen molar-refractivity contribution in [2.24, 2.45) is 23.2 Å². The molecule has 3 aliphatic heterocycles. The Morgan fingerprint density at radius 1 is 1.30 bits per heavy atom. The Hall–Kier alpha value is -4.02. The molecule has 0 bridgehead atoms. The van der Waals surface area contributed by atoms with E-state index in [1.807, 2.05) is 0 Å². The third-order valence-corrected chi connectivity index (χ3v) is 9.29. The molecule has 43 heavy (non-hydrogen) atoms. The number of aromatic nitrogens is 1. The summed E-state index contributed by atoms with van der Waals surface area (Å²) >= 11 is 0. The minimum Gasteiger partial charge on any atom is -0.471 e. The van der Waals surface area contributed by atoms with E-state index in [1.54, 1.807) is 27.7 Å². The third kappa shape index (κ3) is 5.23. The lowest BCUT2D eigenvalue weighted by molar-refractivity contribution is -0.149. The number of nitrogens with one attached hydrogen (secondary N) is 2. The van der Waals surface area contributed by atoms with Gasteiger partial charge in [0, 0.05) is 19.0 Å². The molecule has 4 aliphatic rings. The second-order valence-corrected chi connectivity index (χ2v) is 13.0. The Bertz CT molecular complexity index is 1380. The van der Waals surface area contributed by atoms with Gasteiger partial charge in [0.05, 0.1) is 25.9 Å². The van der Waals surface area contributed by atoms with Crippen LogP contribution in [0.5, 0.6) is 5.75 Å². The number of ether oxygens (including phenoxy) is 2. The van der Waals surface area contributed by atoms with Gasteiger partial charge in [0.15, 0.2) is 11.6 Å². The Morgan fingerprint density at radius 3 is 2.67 bits per heavy atom. The number of fused-ring (bicyclic) bond motifs is 2. The van der Waals surface area contributed by atoms with Crippen LogP contribution in [0.2, 0.25) is 0 Å². The van der Waals surface area contributed by atoms with Crippen LogP contribution >= 0.6 is 0 Å². The molecule has 1 aliphatic carbocycles. The summed E-state index contributed by atoms with van der Waals surface area (Å²) in [6.45, 7) is 6.81. The maximum absolute atomic E-state index is 15.1. The second-order valence-electron chi connectivity index (χ2n) is 13.0. The van der Waals surface area contributed by atoms with Gasteiger partial charge >= 0.3 is 6.09 Å². The van der Waals surface area contributed by atoms with Crippen LogP contribution in [0, 0.1) is 40.3 Å². The number of carbonyl (C=O) groups is 4. The number of hydrogen-bond donors (Lipinski definition) is 2. The summed E-state index contributed by atoms with van der Waals surface area (Å²) in [5, 5.41) is 15.3. The van der Waals surface area contributed by atoms with Crippen molar-refractivity contribution in [2.75, 3.05) is 25.5 Å². The lowest BCUT2D eigenvalue weighted by Crippen LogP contribution is -2.60. The van der Waals surface area contributed by atoms with E-state index < -0.39 is 76.8 Å². The number of pyridine rings is 1. The molecule has 12 nitrogen and oxygen atoms in total. The molecule has 2 saturated heterocycles. The van der Waals surface area contributed by atoms with E-state index >= 15 is 4.39 Å². The summed E-state index contributed by atoms with van der Waals surface area (Å²) in [4.78, 5) is 60.6. The first-order chi connectivity index (χ1) is 20.2. The standard InChI is InChI=1S/C29H36F2N6O6/c1-14-18(31)7-6-15-12-36(25(39)22(28(2,3)4)34-27(41)42-5)21(20(14)15)24(38)37-13-29(9-17(37)10-32)26(40)35-23-19(43-29)8-16(30)11-33-23/h8,11,14-15,17-18,20-22H,6-7,9,12-13H2,1-5H3,(H,34,41)(H,33,35,40)/t14-,15+,17+,18-,20+,21+,22-,29-/m1/s1. The van der Waals surface area contributed by atoms with E-state index in [-0.39, 0.29) is 37.0 Å². The largest absolute Gasteiger partial charge is 0.471 e. The molecule has 0 radical (unpaired) electrons. The van der Waals surface area contributed by atoms with Crippen LogP contribution < -0.4 is 15.4 Å². The van der Waals surface area contributed by atoms with Gasteiger partial charge in [-0.1, -0.05) is 27.7 Å². The number of alkyl carbamates (subject to hydrolysis) is 1. The van der Waals surface area contributed by atoms with E-state index in [4.69, 9.17) is 9.47 Å². The van der Waals surface area contributed by atoms with Crippen LogP contribution in [0.25, 0.3) is 0 Å². The third-order valence-electron chi connectivity index (χ3n) is 9.29. The normalized spacial score (nSPS) is 32.2. The van der Waals surface area contributed by atoms with Crippen LogP contribution in [0.3, 0.4) is 0 Å². The predicted octanol–water partition coefficient (Wildman–Crippen LogP) is 2.40. The second kappa shape index (κ2) is 10.9. The maximum Gasteiger partial charge on any atom is 0.407 e. The quantitative estimate of drug-likeness (QED) is 0.535. The van der Waals surface area contributed by atoms with Crippen molar-refractivity contribution in [3.05, 3.63) is 18.1 Å². The van der Waals surface area contributed by atoms with Gasteiger partial charge in [0.1, 0.15) is 30.1 Å². The number of nitriles is 1. The first-order valence-corrected chi connectivity index (χ1v) is 14.4. The van der Waals surface area contributed by atoms with Gasteiger partial charge in [0.25, 0.3) is 5.91 Å². The number of carbonyl (C=O) groups excluding carboxylic acids is 4. The summed E-state index contributed by atoms with van der Waals surface area (Å²) in [5.41, 5.74) is -2.48. The van der Waals surface area contributed by atoms with Crippen molar-refractivity contribution in [2.45, 2.75) is 76.9 Å². The molecule has 1 aromatic heterocycles. The smallest absolute Gasteiger partial charge is 0.407 e. The van der Waals surface area contributed by atoms with Crippen molar-refractivity contribution >= 4 is 29.6 Å². The molecule has 1 saturated carbocycles. The minimum absolute atomic E-state index is 0.0158. The number of rotatable bonds is 3. The fourth-order valence-electron chi connectivity index (χ4n) is 7.05. The molecular weight excluding hydrogens is 566 g/mol. The Morgan fingerprint density at radius 2 is 2.02 bits per heavy atom. The molecule has 2 N–H and O–H groups in total. The monoisotopic (exact) mass is 602 g/mol. The van der Waals surface area contributed by atoms with Crippen LogP contribution in [0.1, 0.15) is 47.0 Å². The molecular formula is C29H36F2N6O6. The van der Waals surface area contributed by atoms with Gasteiger partial charge in [-0.3, -0.25) is 14.4 Å². The van der Waals surface area contributed by atoms with Crippen molar-refractivity contribution < 1.29 is 37.4 Å². The van der Waals surface area contributed by atoms with Crippen molar-refractivity contribution in [1.82, 2.24) is 20.1 Å². The number of amides is 4. The molecule has 232 valence electrons. The number of nitrogens with zero attached hydrogens (tertiary/aromatic N) is 4. The number of likely N-dealkylation sites (tertiary alicyclic amines) is 2. The highest BCUT2D eigenvalue weighted by Gasteiger charge is 2.60. The predicted molar refractivity (Wildman–Crippen MR) is 146 cm³/mol. The molecule has 4 heterocycles. The molecule has 1 spiro atoms. The molecule has 3 fully saturated rings. The number of methoxy groups -OCH3 is 1. The molecule has 0 aromatic carbocycles. The summed E-state index contributed by atoms with van der Waals surface area (Å²) in [7, 11) is 1.18. The minimum atomic E-state index is -1.70. The molecule has 4 amide bonds. The SMILES string of the molecule is COC(=O)N[C@H](C(=O)N1C[C@@H]2CC[C@@H](F)[C@@H](C)[C@@H]2[C@H]1C(=O)N1C[C@@]2(C[C@H]1C#N)Oc1cc(F)cnc1NC2=O)C(C)(C)C. The van der Waals surface area contributed by atoms with E-state index in [0.29, 0.717) is 12.8 Å². The number of alkyl halides is 1. The fraction of sp³-hybridized carbons (Fsp3) is 0.655. The zero-order valence-electron chi connectivity index (χ0n) is 24.7. The first kappa shape index (κ1) is 30.4. The molecule has 5 rings (SSSR count). The Balaban J connectivity index is 1.51. The lowest BCUT2D eigenvalue weighted by atomic mass is 9.70. The maximum atomic E-state index is 15.1. The van der Waals surface area contributed by atoms with Crippen LogP contribution in [-0.4, -0.2) is 88.7 Å². The highest BCUT2D eigenvalue weighted by molar-refractivity contribution is 6.01. The van der Waals surface area contributed by atoms with Crippen molar-refractivity contribution in [3.8, 4) is 11.8 Å². The van der Waals surface area contributed by atoms with Crippen molar-refractivity contribution in [1.29, 1.82) is 5.26 Å². The fourth-order valence-corrected chi connectivity index (χ4v) is 7.05. The van der Waals surface area contributed by atoms with E-state index in [9.17, 15) is 28.8 Å². The van der Waals surface area contributed by atoms with E-state index in [0.717, 1.165) is 12.3 Å². The molecule has 1 aromatic rings. The molecule has 0 unspecified atom stereocenters. The first-order valence-electron chi connectivity index (χ1n) is 14.4. The van der Waals surface area contributed by atoms with Crippen molar-refractivity contribution in [3.63, 3.8) is 0 Å². The summed E-state index contributed by atoms with van der Waals surface area (Å²) in [6, 6.07) is -0.223. The van der Waals surface area contributed by atoms with Gasteiger partial charge < -0.3 is 29.9 Å². The number of anilines is 1. The van der Waals surface area contributed by atoms with E-state index in [1.165, 1.54) is 16.9 Å². The average Bonchev–Trinajstić information content (AvgIpc) is 3.53. The average molecular weight is 603 g/mol.